The summed E-state index contributed by atoms with van der Waals surface area (Å²) in [6, 6.07) is 10.2. The molecule has 1 amide bonds. The SMILES string of the molecule is CC(C)=CC1C(C(=O)NCCc2ccc(-n3cccn3)cc2)C1(C)C. The van der Waals surface area contributed by atoms with E-state index in [1.54, 1.807) is 6.20 Å². The maximum atomic E-state index is 12.5. The Kier molecular flexibility index (Phi) is 4.80. The van der Waals surface area contributed by atoms with Crippen LogP contribution in [0.25, 0.3) is 5.69 Å². The maximum Gasteiger partial charge on any atom is 0.224 e. The van der Waals surface area contributed by atoms with E-state index in [1.807, 2.05) is 16.9 Å². The van der Waals surface area contributed by atoms with Gasteiger partial charge in [0.1, 0.15) is 0 Å². The predicted molar refractivity (Wildman–Crippen MR) is 100 cm³/mol. The Morgan fingerprint density at radius 1 is 1.28 bits per heavy atom. The number of benzene rings is 1. The van der Waals surface area contributed by atoms with E-state index in [0.29, 0.717) is 12.5 Å². The van der Waals surface area contributed by atoms with E-state index in [0.717, 1.165) is 12.1 Å². The summed E-state index contributed by atoms with van der Waals surface area (Å²) in [6.07, 6.45) is 6.77. The lowest BCUT2D eigenvalue weighted by atomic mass is 10.1. The standard InChI is InChI=1S/C21H27N3O/c1-15(2)14-18-19(21(18,3)4)20(25)22-12-10-16-6-8-17(9-7-16)24-13-5-11-23-24/h5-9,11,13-14,18-19H,10,12H2,1-4H3,(H,22,25). The van der Waals surface area contributed by atoms with Gasteiger partial charge in [-0.05, 0) is 55.4 Å². The van der Waals surface area contributed by atoms with Crippen LogP contribution in [0.4, 0.5) is 0 Å². The van der Waals surface area contributed by atoms with Gasteiger partial charge in [-0.1, -0.05) is 37.6 Å². The molecule has 1 heterocycles. The molecular formula is C21H27N3O. The van der Waals surface area contributed by atoms with Crippen LogP contribution in [0.2, 0.25) is 0 Å². The Bertz CT molecular complexity index is 753. The number of rotatable bonds is 6. The zero-order chi connectivity index (χ0) is 18.0. The third-order valence-corrected chi connectivity index (χ3v) is 5.12. The van der Waals surface area contributed by atoms with Crippen LogP contribution in [0, 0.1) is 17.3 Å². The Morgan fingerprint density at radius 2 is 2.00 bits per heavy atom. The van der Waals surface area contributed by atoms with Gasteiger partial charge < -0.3 is 5.32 Å². The van der Waals surface area contributed by atoms with E-state index in [9.17, 15) is 4.79 Å². The molecule has 4 nitrogen and oxygen atoms in total. The Morgan fingerprint density at radius 3 is 2.60 bits per heavy atom. The molecule has 0 radical (unpaired) electrons. The van der Waals surface area contributed by atoms with Crippen LogP contribution < -0.4 is 5.32 Å². The number of amides is 1. The van der Waals surface area contributed by atoms with Gasteiger partial charge in [0.15, 0.2) is 0 Å². The number of nitrogens with one attached hydrogen (secondary N) is 1. The minimum Gasteiger partial charge on any atom is -0.355 e. The second-order valence-electron chi connectivity index (χ2n) is 7.73. The minimum absolute atomic E-state index is 0.0762. The summed E-state index contributed by atoms with van der Waals surface area (Å²) in [7, 11) is 0. The highest BCUT2D eigenvalue weighted by Gasteiger charge is 2.60. The zero-order valence-corrected chi connectivity index (χ0v) is 15.5. The van der Waals surface area contributed by atoms with Crippen molar-refractivity contribution in [2.24, 2.45) is 17.3 Å². The molecule has 2 aromatic rings. The molecule has 1 fully saturated rings. The molecule has 2 unspecified atom stereocenters. The normalized spacial score (nSPS) is 20.8. The molecule has 1 aromatic carbocycles. The van der Waals surface area contributed by atoms with Gasteiger partial charge in [0.25, 0.3) is 0 Å². The molecule has 132 valence electrons. The average molecular weight is 337 g/mol. The van der Waals surface area contributed by atoms with Crippen molar-refractivity contribution in [3.63, 3.8) is 0 Å². The van der Waals surface area contributed by atoms with Gasteiger partial charge in [-0.15, -0.1) is 0 Å². The summed E-state index contributed by atoms with van der Waals surface area (Å²) in [5, 5.41) is 7.33. The van der Waals surface area contributed by atoms with Gasteiger partial charge in [-0.3, -0.25) is 4.79 Å². The molecule has 1 saturated carbocycles. The number of hydrogen-bond donors (Lipinski definition) is 1. The quantitative estimate of drug-likeness (QED) is 0.816. The molecule has 3 rings (SSSR count). The largest absolute Gasteiger partial charge is 0.355 e. The number of carbonyl (C=O) groups is 1. The number of hydrogen-bond acceptors (Lipinski definition) is 2. The minimum atomic E-state index is 0.0762. The third-order valence-electron chi connectivity index (χ3n) is 5.12. The van der Waals surface area contributed by atoms with Crippen molar-refractivity contribution in [2.75, 3.05) is 6.54 Å². The summed E-state index contributed by atoms with van der Waals surface area (Å²) in [5.41, 5.74) is 3.62. The lowest BCUT2D eigenvalue weighted by Crippen LogP contribution is -2.28. The van der Waals surface area contributed by atoms with Gasteiger partial charge >= 0.3 is 0 Å². The summed E-state index contributed by atoms with van der Waals surface area (Å²) >= 11 is 0. The van der Waals surface area contributed by atoms with Crippen molar-refractivity contribution in [2.45, 2.75) is 34.1 Å². The van der Waals surface area contributed by atoms with Crippen molar-refractivity contribution in [3.8, 4) is 5.69 Å². The van der Waals surface area contributed by atoms with Crippen LogP contribution in [-0.2, 0) is 11.2 Å². The van der Waals surface area contributed by atoms with E-state index >= 15 is 0 Å². The Labute approximate surface area is 149 Å². The van der Waals surface area contributed by atoms with Gasteiger partial charge in [0.2, 0.25) is 5.91 Å². The fourth-order valence-corrected chi connectivity index (χ4v) is 3.53. The summed E-state index contributed by atoms with van der Waals surface area (Å²) in [6.45, 7) is 9.21. The topological polar surface area (TPSA) is 46.9 Å². The van der Waals surface area contributed by atoms with E-state index in [1.165, 1.54) is 11.1 Å². The van der Waals surface area contributed by atoms with Crippen molar-refractivity contribution >= 4 is 5.91 Å². The molecule has 0 bridgehead atoms. The molecule has 25 heavy (non-hydrogen) atoms. The van der Waals surface area contributed by atoms with Gasteiger partial charge in [-0.25, -0.2) is 4.68 Å². The highest BCUT2D eigenvalue weighted by molar-refractivity contribution is 5.83. The van der Waals surface area contributed by atoms with Crippen LogP contribution in [-0.4, -0.2) is 22.2 Å². The van der Waals surface area contributed by atoms with Gasteiger partial charge in [0.05, 0.1) is 11.6 Å². The van der Waals surface area contributed by atoms with E-state index < -0.39 is 0 Å². The summed E-state index contributed by atoms with van der Waals surface area (Å²) < 4.78 is 1.84. The molecule has 0 saturated heterocycles. The zero-order valence-electron chi connectivity index (χ0n) is 15.5. The molecule has 0 spiro atoms. The predicted octanol–water partition coefficient (Wildman–Crippen LogP) is 3.77. The molecule has 0 aliphatic heterocycles. The Balaban J connectivity index is 1.50. The maximum absolute atomic E-state index is 12.5. The number of nitrogens with zero attached hydrogens (tertiary/aromatic N) is 2. The van der Waals surface area contributed by atoms with Crippen molar-refractivity contribution < 1.29 is 4.79 Å². The monoisotopic (exact) mass is 337 g/mol. The Hall–Kier alpha value is -2.36. The van der Waals surface area contributed by atoms with Gasteiger partial charge in [-0.2, -0.15) is 5.10 Å². The van der Waals surface area contributed by atoms with Crippen LogP contribution in [0.1, 0.15) is 33.3 Å². The van der Waals surface area contributed by atoms with Crippen LogP contribution in [0.5, 0.6) is 0 Å². The van der Waals surface area contributed by atoms with E-state index in [4.69, 9.17) is 0 Å². The summed E-state index contributed by atoms with van der Waals surface area (Å²) in [5.74, 6) is 0.649. The fraction of sp³-hybridized carbons (Fsp3) is 0.429. The number of carbonyl (C=O) groups excluding carboxylic acids is 1. The van der Waals surface area contributed by atoms with E-state index in [-0.39, 0.29) is 17.2 Å². The highest BCUT2D eigenvalue weighted by atomic mass is 16.2. The molecule has 4 heteroatoms. The molecule has 1 aliphatic rings. The molecule has 1 aromatic heterocycles. The first-order valence-corrected chi connectivity index (χ1v) is 8.91. The fourth-order valence-electron chi connectivity index (χ4n) is 3.53. The molecule has 1 aliphatic carbocycles. The van der Waals surface area contributed by atoms with Crippen molar-refractivity contribution in [3.05, 3.63) is 59.9 Å². The number of aromatic nitrogens is 2. The lowest BCUT2D eigenvalue weighted by molar-refractivity contribution is -0.123. The first-order valence-electron chi connectivity index (χ1n) is 8.91. The molecule has 2 atom stereocenters. The van der Waals surface area contributed by atoms with Crippen LogP contribution >= 0.6 is 0 Å². The average Bonchev–Trinajstić information content (AvgIpc) is 2.95. The molecule has 1 N–H and O–H groups in total. The number of allylic oxidation sites excluding steroid dienone is 2. The highest BCUT2D eigenvalue weighted by Crippen LogP contribution is 2.59. The van der Waals surface area contributed by atoms with E-state index in [2.05, 4.69) is 68.5 Å². The van der Waals surface area contributed by atoms with Crippen LogP contribution in [0.15, 0.2) is 54.4 Å². The second kappa shape index (κ2) is 6.87. The summed E-state index contributed by atoms with van der Waals surface area (Å²) in [4.78, 5) is 12.5. The van der Waals surface area contributed by atoms with Crippen molar-refractivity contribution in [1.29, 1.82) is 0 Å². The first-order chi connectivity index (χ1) is 11.9. The molecular weight excluding hydrogens is 310 g/mol. The third kappa shape index (κ3) is 3.84. The van der Waals surface area contributed by atoms with Crippen LogP contribution in [0.3, 0.4) is 0 Å². The van der Waals surface area contributed by atoms with Crippen molar-refractivity contribution in [1.82, 2.24) is 15.1 Å². The lowest BCUT2D eigenvalue weighted by Gasteiger charge is -2.07. The van der Waals surface area contributed by atoms with Gasteiger partial charge in [0, 0.05) is 18.9 Å². The first kappa shape index (κ1) is 17.5. The second-order valence-corrected chi connectivity index (χ2v) is 7.73. The smallest absolute Gasteiger partial charge is 0.224 e.